The molecule has 0 fully saturated rings. The van der Waals surface area contributed by atoms with Gasteiger partial charge < -0.3 is 15.3 Å². The van der Waals surface area contributed by atoms with Crippen LogP contribution in [0.3, 0.4) is 0 Å². The standard InChI is InChI=1S/C15H17Cl2NO2/c1-8-6-10(9(2)20-8)15(19)11(7-18)14-12(16)4-3-5-13(14)17/h3-6,11,15,19H,7,18H2,1-2H3. The van der Waals surface area contributed by atoms with E-state index in [2.05, 4.69) is 0 Å². The maximum atomic E-state index is 10.6. The molecule has 2 unspecified atom stereocenters. The molecule has 0 saturated heterocycles. The van der Waals surface area contributed by atoms with Crippen LogP contribution in [0, 0.1) is 13.8 Å². The molecule has 0 radical (unpaired) electrons. The van der Waals surface area contributed by atoms with Crippen molar-refractivity contribution in [3.63, 3.8) is 0 Å². The molecule has 3 nitrogen and oxygen atoms in total. The lowest BCUT2D eigenvalue weighted by atomic mass is 9.89. The van der Waals surface area contributed by atoms with Crippen LogP contribution in [0.15, 0.2) is 28.7 Å². The smallest absolute Gasteiger partial charge is 0.106 e. The number of furan rings is 1. The number of benzene rings is 1. The topological polar surface area (TPSA) is 59.4 Å². The van der Waals surface area contributed by atoms with E-state index >= 15 is 0 Å². The normalized spacial score (nSPS) is 14.3. The SMILES string of the molecule is Cc1cc(C(O)C(CN)c2c(Cl)cccc2Cl)c(C)o1. The minimum Gasteiger partial charge on any atom is -0.466 e. The zero-order chi connectivity index (χ0) is 14.9. The molecule has 0 saturated carbocycles. The zero-order valence-corrected chi connectivity index (χ0v) is 12.9. The van der Waals surface area contributed by atoms with Gasteiger partial charge in [-0.1, -0.05) is 29.3 Å². The van der Waals surface area contributed by atoms with Crippen molar-refractivity contribution in [2.45, 2.75) is 25.9 Å². The molecule has 1 aromatic heterocycles. The number of aliphatic hydroxyl groups is 1. The molecular formula is C15H17Cl2NO2. The number of rotatable bonds is 4. The number of aryl methyl sites for hydroxylation is 2. The number of nitrogens with two attached hydrogens (primary N) is 1. The summed E-state index contributed by atoms with van der Waals surface area (Å²) in [5.41, 5.74) is 7.22. The zero-order valence-electron chi connectivity index (χ0n) is 11.4. The van der Waals surface area contributed by atoms with Gasteiger partial charge in [0.25, 0.3) is 0 Å². The van der Waals surface area contributed by atoms with Gasteiger partial charge in [0.1, 0.15) is 11.5 Å². The Hall–Kier alpha value is -1.00. The summed E-state index contributed by atoms with van der Waals surface area (Å²) < 4.78 is 5.46. The average Bonchev–Trinajstić information content (AvgIpc) is 2.72. The van der Waals surface area contributed by atoms with Crippen LogP contribution in [-0.2, 0) is 0 Å². The van der Waals surface area contributed by atoms with Crippen LogP contribution in [0.25, 0.3) is 0 Å². The molecule has 0 spiro atoms. The largest absolute Gasteiger partial charge is 0.466 e. The highest BCUT2D eigenvalue weighted by Gasteiger charge is 2.28. The molecule has 2 atom stereocenters. The minimum atomic E-state index is -0.810. The first-order valence-electron chi connectivity index (χ1n) is 6.34. The second-order valence-corrected chi connectivity index (χ2v) is 5.61. The predicted molar refractivity (Wildman–Crippen MR) is 81.4 cm³/mol. The van der Waals surface area contributed by atoms with Crippen LogP contribution in [0.1, 0.15) is 34.7 Å². The molecule has 108 valence electrons. The van der Waals surface area contributed by atoms with Gasteiger partial charge in [0, 0.05) is 28.1 Å². The highest BCUT2D eigenvalue weighted by molar-refractivity contribution is 6.36. The summed E-state index contributed by atoms with van der Waals surface area (Å²) in [5, 5.41) is 11.6. The summed E-state index contributed by atoms with van der Waals surface area (Å²) >= 11 is 12.4. The van der Waals surface area contributed by atoms with Crippen molar-refractivity contribution in [1.29, 1.82) is 0 Å². The molecule has 20 heavy (non-hydrogen) atoms. The minimum absolute atomic E-state index is 0.230. The first-order valence-corrected chi connectivity index (χ1v) is 7.10. The van der Waals surface area contributed by atoms with E-state index in [0.29, 0.717) is 26.9 Å². The second kappa shape index (κ2) is 6.19. The molecule has 0 aliphatic carbocycles. The Kier molecular flexibility index (Phi) is 4.76. The molecule has 0 bridgehead atoms. The molecule has 1 heterocycles. The molecule has 5 heteroatoms. The van der Waals surface area contributed by atoms with Gasteiger partial charge in [-0.15, -0.1) is 0 Å². The highest BCUT2D eigenvalue weighted by atomic mass is 35.5. The number of hydrogen-bond donors (Lipinski definition) is 2. The summed E-state index contributed by atoms with van der Waals surface area (Å²) in [7, 11) is 0. The van der Waals surface area contributed by atoms with E-state index in [1.165, 1.54) is 0 Å². The van der Waals surface area contributed by atoms with E-state index in [4.69, 9.17) is 33.4 Å². The van der Waals surface area contributed by atoms with Gasteiger partial charge >= 0.3 is 0 Å². The molecule has 1 aromatic carbocycles. The van der Waals surface area contributed by atoms with Gasteiger partial charge in [-0.05, 0) is 37.6 Å². The fraction of sp³-hybridized carbons (Fsp3) is 0.333. The number of halogens is 2. The van der Waals surface area contributed by atoms with Crippen molar-refractivity contribution in [2.24, 2.45) is 5.73 Å². The quantitative estimate of drug-likeness (QED) is 0.897. The molecular weight excluding hydrogens is 297 g/mol. The summed E-state index contributed by atoms with van der Waals surface area (Å²) in [6.07, 6.45) is -0.810. The van der Waals surface area contributed by atoms with Crippen molar-refractivity contribution >= 4 is 23.2 Å². The third-order valence-electron chi connectivity index (χ3n) is 3.40. The van der Waals surface area contributed by atoms with E-state index < -0.39 is 6.10 Å². The lowest BCUT2D eigenvalue weighted by Crippen LogP contribution is -2.21. The van der Waals surface area contributed by atoms with E-state index in [1.54, 1.807) is 18.2 Å². The van der Waals surface area contributed by atoms with Gasteiger partial charge in [0.2, 0.25) is 0 Å². The number of aliphatic hydroxyl groups excluding tert-OH is 1. The van der Waals surface area contributed by atoms with Crippen LogP contribution in [-0.4, -0.2) is 11.7 Å². The Morgan fingerprint density at radius 2 is 1.85 bits per heavy atom. The van der Waals surface area contributed by atoms with Crippen molar-refractivity contribution in [1.82, 2.24) is 0 Å². The van der Waals surface area contributed by atoms with E-state index in [-0.39, 0.29) is 12.5 Å². The van der Waals surface area contributed by atoms with Crippen LogP contribution in [0.5, 0.6) is 0 Å². The Bertz CT molecular complexity index is 590. The third-order valence-corrected chi connectivity index (χ3v) is 4.06. The molecule has 0 amide bonds. The predicted octanol–water partition coefficient (Wildman–Crippen LogP) is 3.98. The maximum Gasteiger partial charge on any atom is 0.106 e. The Morgan fingerprint density at radius 1 is 1.25 bits per heavy atom. The summed E-state index contributed by atoms with van der Waals surface area (Å²) in [6, 6.07) is 7.06. The first-order chi connectivity index (χ1) is 9.45. The Morgan fingerprint density at radius 3 is 2.30 bits per heavy atom. The van der Waals surface area contributed by atoms with Crippen LogP contribution >= 0.6 is 23.2 Å². The average molecular weight is 314 g/mol. The lowest BCUT2D eigenvalue weighted by Gasteiger charge is -2.23. The Labute approximate surface area is 128 Å². The van der Waals surface area contributed by atoms with Gasteiger partial charge in [0.05, 0.1) is 6.10 Å². The molecule has 0 aliphatic rings. The van der Waals surface area contributed by atoms with Crippen molar-refractivity contribution in [3.8, 4) is 0 Å². The van der Waals surface area contributed by atoms with Crippen molar-refractivity contribution < 1.29 is 9.52 Å². The van der Waals surface area contributed by atoms with E-state index in [9.17, 15) is 5.11 Å². The highest BCUT2D eigenvalue weighted by Crippen LogP contribution is 2.39. The number of hydrogen-bond acceptors (Lipinski definition) is 3. The van der Waals surface area contributed by atoms with Crippen molar-refractivity contribution in [3.05, 3.63) is 57.0 Å². The van der Waals surface area contributed by atoms with Gasteiger partial charge in [-0.25, -0.2) is 0 Å². The third kappa shape index (κ3) is 2.86. The Balaban J connectivity index is 2.45. The summed E-state index contributed by atoms with van der Waals surface area (Å²) in [4.78, 5) is 0. The van der Waals surface area contributed by atoms with Gasteiger partial charge in [0.15, 0.2) is 0 Å². The molecule has 3 N–H and O–H groups in total. The van der Waals surface area contributed by atoms with Gasteiger partial charge in [-0.2, -0.15) is 0 Å². The fourth-order valence-corrected chi connectivity index (χ4v) is 3.11. The summed E-state index contributed by atoms with van der Waals surface area (Å²) in [6.45, 7) is 3.88. The monoisotopic (exact) mass is 313 g/mol. The van der Waals surface area contributed by atoms with Gasteiger partial charge in [-0.3, -0.25) is 0 Å². The lowest BCUT2D eigenvalue weighted by molar-refractivity contribution is 0.145. The van der Waals surface area contributed by atoms with E-state index in [1.807, 2.05) is 19.9 Å². The fourth-order valence-electron chi connectivity index (χ4n) is 2.43. The van der Waals surface area contributed by atoms with E-state index in [0.717, 1.165) is 5.76 Å². The van der Waals surface area contributed by atoms with Crippen molar-refractivity contribution in [2.75, 3.05) is 6.54 Å². The van der Waals surface area contributed by atoms with Crippen LogP contribution in [0.2, 0.25) is 10.0 Å². The second-order valence-electron chi connectivity index (χ2n) is 4.79. The summed E-state index contributed by atoms with van der Waals surface area (Å²) in [5.74, 6) is 1.04. The molecule has 0 aliphatic heterocycles. The maximum absolute atomic E-state index is 10.6. The van der Waals surface area contributed by atoms with Crippen LogP contribution < -0.4 is 5.73 Å². The van der Waals surface area contributed by atoms with Crippen LogP contribution in [0.4, 0.5) is 0 Å². The first kappa shape index (κ1) is 15.4. The molecule has 2 aromatic rings. The molecule has 2 rings (SSSR count).